The number of esters is 1. The largest absolute Gasteiger partial charge is 0.465 e. The second-order valence-corrected chi connectivity index (χ2v) is 6.65. The number of nitrogens with one attached hydrogen (secondary N) is 1. The molecule has 160 valence electrons. The van der Waals surface area contributed by atoms with E-state index in [9.17, 15) is 28.1 Å². The molecule has 12 heteroatoms. The van der Waals surface area contributed by atoms with Crippen molar-refractivity contribution >= 4 is 23.3 Å². The van der Waals surface area contributed by atoms with Gasteiger partial charge < -0.3 is 15.0 Å². The van der Waals surface area contributed by atoms with Gasteiger partial charge in [0.05, 0.1) is 23.2 Å². The first kappa shape index (κ1) is 21.3. The van der Waals surface area contributed by atoms with E-state index in [1.807, 2.05) is 4.90 Å². The van der Waals surface area contributed by atoms with Gasteiger partial charge in [0.2, 0.25) is 5.82 Å². The summed E-state index contributed by atoms with van der Waals surface area (Å²) in [6.45, 7) is 1.01. The maximum Gasteiger partial charge on any atom is 0.417 e. The quantitative estimate of drug-likeness (QED) is 0.442. The minimum Gasteiger partial charge on any atom is -0.465 e. The van der Waals surface area contributed by atoms with Gasteiger partial charge >= 0.3 is 17.8 Å². The number of methoxy groups -OCH3 is 1. The number of aromatic nitrogens is 2. The highest BCUT2D eigenvalue weighted by Gasteiger charge is 2.31. The first-order valence-corrected chi connectivity index (χ1v) is 8.96. The Morgan fingerprint density at radius 3 is 2.50 bits per heavy atom. The van der Waals surface area contributed by atoms with Crippen molar-refractivity contribution in [1.29, 1.82) is 0 Å². The van der Waals surface area contributed by atoms with Crippen molar-refractivity contribution in [3.63, 3.8) is 0 Å². The van der Waals surface area contributed by atoms with Gasteiger partial charge in [-0.05, 0) is 25.0 Å². The van der Waals surface area contributed by atoms with Gasteiger partial charge in [0, 0.05) is 37.6 Å². The van der Waals surface area contributed by atoms with Crippen LogP contribution in [0.5, 0.6) is 0 Å². The van der Waals surface area contributed by atoms with Gasteiger partial charge in [-0.2, -0.15) is 13.2 Å². The number of carbonyl (C=O) groups is 1. The fourth-order valence-corrected chi connectivity index (χ4v) is 3.12. The van der Waals surface area contributed by atoms with Crippen molar-refractivity contribution in [2.45, 2.75) is 25.1 Å². The molecule has 0 aliphatic carbocycles. The van der Waals surface area contributed by atoms with Crippen LogP contribution in [-0.4, -0.2) is 47.1 Å². The fourth-order valence-electron chi connectivity index (χ4n) is 3.12. The van der Waals surface area contributed by atoms with Gasteiger partial charge in [-0.1, -0.05) is 0 Å². The Labute approximate surface area is 169 Å². The van der Waals surface area contributed by atoms with E-state index in [-0.39, 0.29) is 23.1 Å². The van der Waals surface area contributed by atoms with Crippen LogP contribution >= 0.6 is 0 Å². The van der Waals surface area contributed by atoms with Crippen molar-refractivity contribution in [3.05, 3.63) is 51.8 Å². The van der Waals surface area contributed by atoms with Gasteiger partial charge in [0.15, 0.2) is 0 Å². The molecule has 9 nitrogen and oxygen atoms in total. The Morgan fingerprint density at radius 2 is 1.97 bits per heavy atom. The summed E-state index contributed by atoms with van der Waals surface area (Å²) in [4.78, 5) is 32.0. The average molecular weight is 425 g/mol. The van der Waals surface area contributed by atoms with E-state index in [0.717, 1.165) is 18.3 Å². The summed E-state index contributed by atoms with van der Waals surface area (Å²) in [5, 5.41) is 14.4. The molecule has 0 saturated carbocycles. The standard InChI is InChI=1S/C18H18F3N5O4/c1-30-17(27)11-8-14(26(28)29)16(23-9-11)24-13-4-6-25(7-5-13)15-3-2-12(10-22-15)18(19,20)21/h2-3,8-10,13H,4-7H2,1H3,(H,23,24). The number of anilines is 2. The number of piperidine rings is 1. The van der Waals surface area contributed by atoms with Crippen molar-refractivity contribution in [2.75, 3.05) is 30.4 Å². The first-order valence-electron chi connectivity index (χ1n) is 8.96. The third-order valence-electron chi connectivity index (χ3n) is 4.72. The maximum absolute atomic E-state index is 12.7. The van der Waals surface area contributed by atoms with Gasteiger partial charge in [-0.15, -0.1) is 0 Å². The summed E-state index contributed by atoms with van der Waals surface area (Å²) in [7, 11) is 1.17. The summed E-state index contributed by atoms with van der Waals surface area (Å²) < 4.78 is 42.5. The van der Waals surface area contributed by atoms with E-state index in [1.54, 1.807) is 0 Å². The molecule has 1 aliphatic heterocycles. The number of ether oxygens (including phenoxy) is 1. The number of hydrogen-bond acceptors (Lipinski definition) is 8. The number of carbonyl (C=O) groups excluding carboxylic acids is 1. The summed E-state index contributed by atoms with van der Waals surface area (Å²) in [6, 6.07) is 3.28. The molecule has 1 fully saturated rings. The van der Waals surface area contributed by atoms with E-state index in [0.29, 0.717) is 31.7 Å². The zero-order chi connectivity index (χ0) is 21.9. The number of nitro groups is 1. The smallest absolute Gasteiger partial charge is 0.417 e. The van der Waals surface area contributed by atoms with Crippen LogP contribution in [0.4, 0.5) is 30.5 Å². The van der Waals surface area contributed by atoms with Gasteiger partial charge in [-0.25, -0.2) is 14.8 Å². The molecular formula is C18H18F3N5O4. The molecule has 3 heterocycles. The Hall–Kier alpha value is -3.44. The number of pyridine rings is 2. The zero-order valence-electron chi connectivity index (χ0n) is 15.8. The molecule has 0 amide bonds. The fraction of sp³-hybridized carbons (Fsp3) is 0.389. The molecule has 0 spiro atoms. The Balaban J connectivity index is 1.64. The Morgan fingerprint density at radius 1 is 1.27 bits per heavy atom. The molecule has 1 aliphatic rings. The molecule has 2 aromatic heterocycles. The maximum atomic E-state index is 12.7. The van der Waals surface area contributed by atoms with E-state index in [1.165, 1.54) is 19.4 Å². The van der Waals surface area contributed by atoms with Crippen LogP contribution in [0, 0.1) is 10.1 Å². The number of halogens is 3. The van der Waals surface area contributed by atoms with Crippen LogP contribution in [0.2, 0.25) is 0 Å². The highest BCUT2D eigenvalue weighted by Crippen LogP contribution is 2.30. The second-order valence-electron chi connectivity index (χ2n) is 6.65. The van der Waals surface area contributed by atoms with E-state index < -0.39 is 22.6 Å². The molecule has 1 saturated heterocycles. The molecule has 1 N–H and O–H groups in total. The summed E-state index contributed by atoms with van der Waals surface area (Å²) in [5.41, 5.74) is -1.18. The van der Waals surface area contributed by atoms with Crippen LogP contribution in [0.25, 0.3) is 0 Å². The van der Waals surface area contributed by atoms with Crippen molar-refractivity contribution in [3.8, 4) is 0 Å². The van der Waals surface area contributed by atoms with Gasteiger partial charge in [-0.3, -0.25) is 10.1 Å². The number of nitrogens with zero attached hydrogens (tertiary/aromatic N) is 4. The minimum atomic E-state index is -4.44. The van der Waals surface area contributed by atoms with Crippen molar-refractivity contribution < 1.29 is 27.6 Å². The zero-order valence-corrected chi connectivity index (χ0v) is 15.8. The molecule has 30 heavy (non-hydrogen) atoms. The lowest BCUT2D eigenvalue weighted by Crippen LogP contribution is -2.39. The highest BCUT2D eigenvalue weighted by molar-refractivity contribution is 5.90. The Bertz CT molecular complexity index is 928. The lowest BCUT2D eigenvalue weighted by Gasteiger charge is -2.33. The summed E-state index contributed by atoms with van der Waals surface area (Å²) in [6.07, 6.45) is -1.30. The molecule has 0 radical (unpaired) electrons. The van der Waals surface area contributed by atoms with Gasteiger partial charge in [0.1, 0.15) is 5.82 Å². The third-order valence-corrected chi connectivity index (χ3v) is 4.72. The molecule has 0 unspecified atom stereocenters. The molecule has 0 atom stereocenters. The van der Waals surface area contributed by atoms with Gasteiger partial charge in [0.25, 0.3) is 0 Å². The van der Waals surface area contributed by atoms with Crippen molar-refractivity contribution in [1.82, 2.24) is 9.97 Å². The first-order chi connectivity index (χ1) is 14.2. The van der Waals surface area contributed by atoms with Crippen LogP contribution in [0.15, 0.2) is 30.6 Å². The molecule has 0 bridgehead atoms. The highest BCUT2D eigenvalue weighted by atomic mass is 19.4. The van der Waals surface area contributed by atoms with Crippen LogP contribution in [-0.2, 0) is 10.9 Å². The number of alkyl halides is 3. The average Bonchev–Trinajstić information content (AvgIpc) is 2.73. The van der Waals surface area contributed by atoms with E-state index in [4.69, 9.17) is 0 Å². The predicted octanol–water partition coefficient (Wildman–Crippen LogP) is 3.27. The monoisotopic (exact) mass is 425 g/mol. The molecular weight excluding hydrogens is 407 g/mol. The molecule has 3 rings (SSSR count). The molecule has 0 aromatic carbocycles. The Kier molecular flexibility index (Phi) is 6.04. The number of rotatable bonds is 5. The van der Waals surface area contributed by atoms with Crippen LogP contribution < -0.4 is 10.2 Å². The number of hydrogen-bond donors (Lipinski definition) is 1. The minimum absolute atomic E-state index is 0.0297. The topological polar surface area (TPSA) is 110 Å². The summed E-state index contributed by atoms with van der Waals surface area (Å²) in [5.74, 6) is -0.249. The van der Waals surface area contributed by atoms with Crippen molar-refractivity contribution in [2.24, 2.45) is 0 Å². The normalized spacial score (nSPS) is 15.0. The lowest BCUT2D eigenvalue weighted by atomic mass is 10.0. The SMILES string of the molecule is COC(=O)c1cnc(NC2CCN(c3ccc(C(F)(F)F)cn3)CC2)c([N+](=O)[O-])c1. The van der Waals surface area contributed by atoms with Crippen LogP contribution in [0.1, 0.15) is 28.8 Å². The predicted molar refractivity (Wildman–Crippen MR) is 100 cm³/mol. The molecule has 2 aromatic rings. The van der Waals surface area contributed by atoms with E-state index in [2.05, 4.69) is 20.0 Å². The summed E-state index contributed by atoms with van der Waals surface area (Å²) >= 11 is 0. The second kappa shape index (κ2) is 8.51. The third kappa shape index (κ3) is 4.75. The lowest BCUT2D eigenvalue weighted by molar-refractivity contribution is -0.384. The van der Waals surface area contributed by atoms with E-state index >= 15 is 0 Å². The van der Waals surface area contributed by atoms with Crippen LogP contribution in [0.3, 0.4) is 0 Å².